The molecule has 0 radical (unpaired) electrons. The Bertz CT molecular complexity index is 791. The first-order valence-corrected chi connectivity index (χ1v) is 8.33. The number of halogens is 1. The van der Waals surface area contributed by atoms with Gasteiger partial charge in [0.05, 0.1) is 0 Å². The summed E-state index contributed by atoms with van der Waals surface area (Å²) >= 11 is 0. The van der Waals surface area contributed by atoms with Gasteiger partial charge in [-0.1, -0.05) is 30.3 Å². The van der Waals surface area contributed by atoms with Gasteiger partial charge in [0.1, 0.15) is 5.82 Å². The topological polar surface area (TPSA) is 58.2 Å². The number of hydrogen-bond donors (Lipinski definition) is 2. The molecule has 0 spiro atoms. The Labute approximate surface area is 146 Å². The summed E-state index contributed by atoms with van der Waals surface area (Å²) in [5.41, 5.74) is 3.30. The number of benzene rings is 2. The zero-order valence-electron chi connectivity index (χ0n) is 14.4. The van der Waals surface area contributed by atoms with Crippen molar-refractivity contribution < 1.29 is 14.0 Å². The van der Waals surface area contributed by atoms with Crippen LogP contribution >= 0.6 is 0 Å². The molecule has 0 aliphatic heterocycles. The fourth-order valence-corrected chi connectivity index (χ4v) is 3.03. The summed E-state index contributed by atoms with van der Waals surface area (Å²) in [6.45, 7) is 4.14. The molecule has 0 heterocycles. The first kappa shape index (κ1) is 17.1. The largest absolute Gasteiger partial charge is 0.347 e. The number of anilines is 1. The Morgan fingerprint density at radius 1 is 1.00 bits per heavy atom. The highest BCUT2D eigenvalue weighted by molar-refractivity contribution is 6.39. The molecule has 1 aliphatic carbocycles. The summed E-state index contributed by atoms with van der Waals surface area (Å²) in [5, 5.41) is 5.39. The quantitative estimate of drug-likeness (QED) is 0.840. The van der Waals surface area contributed by atoms with E-state index in [0.29, 0.717) is 12.2 Å². The van der Waals surface area contributed by atoms with Crippen molar-refractivity contribution >= 4 is 17.5 Å². The van der Waals surface area contributed by atoms with Crippen LogP contribution in [0.2, 0.25) is 0 Å². The van der Waals surface area contributed by atoms with Crippen LogP contribution in [0.25, 0.3) is 0 Å². The third kappa shape index (κ3) is 3.71. The minimum atomic E-state index is -0.674. The second-order valence-electron chi connectivity index (χ2n) is 6.69. The molecule has 3 rings (SSSR count). The van der Waals surface area contributed by atoms with Gasteiger partial charge in [0.2, 0.25) is 0 Å². The van der Waals surface area contributed by atoms with E-state index in [2.05, 4.69) is 10.6 Å². The molecule has 1 saturated carbocycles. The molecule has 130 valence electrons. The Hall–Kier alpha value is -2.69. The van der Waals surface area contributed by atoms with Crippen molar-refractivity contribution in [2.45, 2.75) is 32.1 Å². The molecule has 2 aromatic rings. The molecule has 2 N–H and O–H groups in total. The molecule has 2 amide bonds. The van der Waals surface area contributed by atoms with Gasteiger partial charge in [-0.2, -0.15) is 0 Å². The number of nitrogens with one attached hydrogen (secondary N) is 2. The van der Waals surface area contributed by atoms with Crippen LogP contribution in [0.5, 0.6) is 0 Å². The van der Waals surface area contributed by atoms with Gasteiger partial charge in [0.25, 0.3) is 0 Å². The zero-order valence-corrected chi connectivity index (χ0v) is 14.4. The number of hydrogen-bond acceptors (Lipinski definition) is 2. The van der Waals surface area contributed by atoms with Gasteiger partial charge < -0.3 is 10.6 Å². The monoisotopic (exact) mass is 340 g/mol. The van der Waals surface area contributed by atoms with Crippen molar-refractivity contribution in [1.29, 1.82) is 0 Å². The van der Waals surface area contributed by atoms with E-state index in [0.717, 1.165) is 29.5 Å². The number of para-hydroxylation sites is 1. The highest BCUT2D eigenvalue weighted by Gasteiger charge is 2.44. The lowest BCUT2D eigenvalue weighted by atomic mass is 9.96. The normalized spacial score (nSPS) is 14.7. The standard InChI is InChI=1S/C20H21FN2O2/c1-13-4-3-5-14(2)17(13)23-19(25)18(24)22-12-20(10-11-20)15-6-8-16(21)9-7-15/h3-9H,10-12H2,1-2H3,(H,22,24)(H,23,25). The maximum atomic E-state index is 13.1. The molecule has 0 aromatic heterocycles. The van der Waals surface area contributed by atoms with E-state index in [1.165, 1.54) is 12.1 Å². The third-order valence-electron chi connectivity index (χ3n) is 4.82. The Kier molecular flexibility index (Phi) is 4.57. The van der Waals surface area contributed by atoms with Crippen LogP contribution in [0.3, 0.4) is 0 Å². The lowest BCUT2D eigenvalue weighted by Crippen LogP contribution is -2.39. The molecule has 0 unspecified atom stereocenters. The van der Waals surface area contributed by atoms with E-state index in [9.17, 15) is 14.0 Å². The van der Waals surface area contributed by atoms with E-state index in [4.69, 9.17) is 0 Å². The van der Waals surface area contributed by atoms with Crippen molar-refractivity contribution in [3.05, 3.63) is 65.0 Å². The Morgan fingerprint density at radius 2 is 1.60 bits per heavy atom. The summed E-state index contributed by atoms with van der Waals surface area (Å²) in [6.07, 6.45) is 1.83. The summed E-state index contributed by atoms with van der Waals surface area (Å²) < 4.78 is 13.1. The van der Waals surface area contributed by atoms with Gasteiger partial charge >= 0.3 is 11.8 Å². The highest BCUT2D eigenvalue weighted by Crippen LogP contribution is 2.47. The average molecular weight is 340 g/mol. The zero-order chi connectivity index (χ0) is 18.0. The third-order valence-corrected chi connectivity index (χ3v) is 4.82. The van der Waals surface area contributed by atoms with Crippen molar-refractivity contribution in [1.82, 2.24) is 5.32 Å². The van der Waals surface area contributed by atoms with Gasteiger partial charge in [-0.15, -0.1) is 0 Å². The highest BCUT2D eigenvalue weighted by atomic mass is 19.1. The summed E-state index contributed by atoms with van der Waals surface area (Å²) in [7, 11) is 0. The molecule has 0 atom stereocenters. The van der Waals surface area contributed by atoms with E-state index >= 15 is 0 Å². The predicted octanol–water partition coefficient (Wildman–Crippen LogP) is 3.23. The molecule has 0 saturated heterocycles. The molecular formula is C20H21FN2O2. The SMILES string of the molecule is Cc1cccc(C)c1NC(=O)C(=O)NCC1(c2ccc(F)cc2)CC1. The second-order valence-corrected chi connectivity index (χ2v) is 6.69. The first-order chi connectivity index (χ1) is 11.9. The lowest BCUT2D eigenvalue weighted by Gasteiger charge is -2.17. The van der Waals surface area contributed by atoms with Crippen molar-refractivity contribution in [3.8, 4) is 0 Å². The van der Waals surface area contributed by atoms with E-state index < -0.39 is 11.8 Å². The Morgan fingerprint density at radius 3 is 2.16 bits per heavy atom. The summed E-state index contributed by atoms with van der Waals surface area (Å²) in [4.78, 5) is 24.3. The van der Waals surface area contributed by atoms with Crippen LogP contribution in [0.4, 0.5) is 10.1 Å². The number of rotatable bonds is 4. The van der Waals surface area contributed by atoms with E-state index in [1.807, 2.05) is 32.0 Å². The number of aryl methyl sites for hydroxylation is 2. The van der Waals surface area contributed by atoms with E-state index in [-0.39, 0.29) is 11.2 Å². The number of amides is 2. The van der Waals surface area contributed by atoms with Crippen LogP contribution in [0.1, 0.15) is 29.5 Å². The smallest absolute Gasteiger partial charge is 0.313 e. The minimum absolute atomic E-state index is 0.178. The maximum absolute atomic E-state index is 13.1. The summed E-state index contributed by atoms with van der Waals surface area (Å²) in [5.74, 6) is -1.61. The number of carbonyl (C=O) groups excluding carboxylic acids is 2. The fourth-order valence-electron chi connectivity index (χ4n) is 3.03. The van der Waals surface area contributed by atoms with Gasteiger partial charge in [0, 0.05) is 17.6 Å². The molecule has 4 nitrogen and oxygen atoms in total. The summed E-state index contributed by atoms with van der Waals surface area (Å²) in [6, 6.07) is 12.0. The molecule has 25 heavy (non-hydrogen) atoms. The van der Waals surface area contributed by atoms with Crippen LogP contribution in [-0.4, -0.2) is 18.4 Å². The lowest BCUT2D eigenvalue weighted by molar-refractivity contribution is -0.136. The Balaban J connectivity index is 1.61. The van der Waals surface area contributed by atoms with Crippen LogP contribution in [0.15, 0.2) is 42.5 Å². The molecular weight excluding hydrogens is 319 g/mol. The average Bonchev–Trinajstić information content (AvgIpc) is 3.37. The van der Waals surface area contributed by atoms with E-state index in [1.54, 1.807) is 12.1 Å². The van der Waals surface area contributed by atoms with Crippen molar-refractivity contribution in [2.24, 2.45) is 0 Å². The fraction of sp³-hybridized carbons (Fsp3) is 0.300. The van der Waals surface area contributed by atoms with Gasteiger partial charge in [-0.3, -0.25) is 9.59 Å². The second kappa shape index (κ2) is 6.67. The van der Waals surface area contributed by atoms with Crippen molar-refractivity contribution in [3.63, 3.8) is 0 Å². The van der Waals surface area contributed by atoms with Crippen LogP contribution in [0, 0.1) is 19.7 Å². The molecule has 0 bridgehead atoms. The first-order valence-electron chi connectivity index (χ1n) is 8.33. The molecule has 5 heteroatoms. The van der Waals surface area contributed by atoms with Gasteiger partial charge in [-0.05, 0) is 55.5 Å². The number of carbonyl (C=O) groups is 2. The predicted molar refractivity (Wildman–Crippen MR) is 94.9 cm³/mol. The van der Waals surface area contributed by atoms with Gasteiger partial charge in [0.15, 0.2) is 0 Å². The molecule has 1 aliphatic rings. The minimum Gasteiger partial charge on any atom is -0.347 e. The molecule has 1 fully saturated rings. The van der Waals surface area contributed by atoms with Crippen LogP contribution < -0.4 is 10.6 Å². The van der Waals surface area contributed by atoms with Crippen LogP contribution in [-0.2, 0) is 15.0 Å². The maximum Gasteiger partial charge on any atom is 0.313 e. The van der Waals surface area contributed by atoms with Gasteiger partial charge in [-0.25, -0.2) is 4.39 Å². The van der Waals surface area contributed by atoms with Crippen molar-refractivity contribution in [2.75, 3.05) is 11.9 Å². The molecule has 2 aromatic carbocycles.